The zero-order valence-corrected chi connectivity index (χ0v) is 23.1. The molecule has 2 heterocycles. The normalized spacial score (nSPS) is 14.1. The van der Waals surface area contributed by atoms with Crippen LogP contribution >= 0.6 is 0 Å². The lowest BCUT2D eigenvalue weighted by Crippen LogP contribution is -2.49. The highest BCUT2D eigenvalue weighted by Crippen LogP contribution is 2.25. The molecule has 1 saturated heterocycles. The Balaban J connectivity index is 0.00000141. The van der Waals surface area contributed by atoms with Crippen molar-refractivity contribution in [1.29, 1.82) is 0 Å². The van der Waals surface area contributed by atoms with E-state index in [9.17, 15) is 9.90 Å². The van der Waals surface area contributed by atoms with Crippen molar-refractivity contribution in [2.75, 3.05) is 39.5 Å². The first kappa shape index (κ1) is 30.9. The summed E-state index contributed by atoms with van der Waals surface area (Å²) in [5, 5.41) is 18.2. The van der Waals surface area contributed by atoms with E-state index in [1.54, 1.807) is 12.3 Å². The summed E-state index contributed by atoms with van der Waals surface area (Å²) in [4.78, 5) is 25.9. The van der Waals surface area contributed by atoms with Gasteiger partial charge in [0.2, 0.25) is 0 Å². The van der Waals surface area contributed by atoms with Crippen molar-refractivity contribution >= 4 is 12.4 Å². The molecule has 1 atom stereocenters. The number of hydrogen-bond acceptors (Lipinski definition) is 7. The van der Waals surface area contributed by atoms with Gasteiger partial charge in [-0.15, -0.1) is 0 Å². The van der Waals surface area contributed by atoms with Gasteiger partial charge < -0.3 is 29.0 Å². The monoisotopic (exact) mass is 552 g/mol. The summed E-state index contributed by atoms with van der Waals surface area (Å²) in [6, 6.07) is 19.0. The molecule has 1 fully saturated rings. The van der Waals surface area contributed by atoms with Gasteiger partial charge in [-0.2, -0.15) is 0 Å². The maximum Gasteiger partial charge on any atom is 0.290 e. The number of carbonyl (C=O) groups is 2. The summed E-state index contributed by atoms with van der Waals surface area (Å²) in [7, 11) is 0. The lowest BCUT2D eigenvalue weighted by Gasteiger charge is -2.34. The van der Waals surface area contributed by atoms with Crippen molar-refractivity contribution in [1.82, 2.24) is 9.80 Å². The molecule has 0 aliphatic carbocycles. The number of β-amino-alcohol motifs (C(OH)–C–C–N with tert-alkyl or cyclic N) is 1. The van der Waals surface area contributed by atoms with Crippen LogP contribution in [0.2, 0.25) is 0 Å². The molecule has 9 heteroatoms. The topological polar surface area (TPSA) is 113 Å². The third kappa shape index (κ3) is 9.51. The highest BCUT2D eigenvalue weighted by Gasteiger charge is 2.28. The molecular weight excluding hydrogens is 512 g/mol. The number of amides is 1. The molecule has 0 spiro atoms. The van der Waals surface area contributed by atoms with Crippen LogP contribution in [0.3, 0.4) is 0 Å². The molecule has 1 aliphatic heterocycles. The van der Waals surface area contributed by atoms with E-state index in [2.05, 4.69) is 11.8 Å². The minimum atomic E-state index is -0.979. The molecule has 0 saturated carbocycles. The van der Waals surface area contributed by atoms with Gasteiger partial charge in [0.25, 0.3) is 12.4 Å². The van der Waals surface area contributed by atoms with E-state index < -0.39 is 6.23 Å². The summed E-state index contributed by atoms with van der Waals surface area (Å²) in [6.45, 7) is 5.84. The number of unbranched alkanes of at least 4 members (excludes halogenated alkanes) is 3. The predicted octanol–water partition coefficient (Wildman–Crippen LogP) is 4.90. The first-order chi connectivity index (χ1) is 19.6. The number of para-hydroxylation sites is 1. The van der Waals surface area contributed by atoms with Crippen LogP contribution < -0.4 is 4.74 Å². The zero-order chi connectivity index (χ0) is 28.6. The number of aliphatic hydroxyl groups excluding tert-OH is 1. The number of hydrogen-bond donors (Lipinski definition) is 2. The number of nitrogens with zero attached hydrogens (tertiary/aromatic N) is 2. The molecule has 1 unspecified atom stereocenters. The molecule has 3 aromatic rings. The number of morpholine rings is 1. The summed E-state index contributed by atoms with van der Waals surface area (Å²) < 4.78 is 17.0. The van der Waals surface area contributed by atoms with E-state index in [1.807, 2.05) is 54.6 Å². The van der Waals surface area contributed by atoms with Gasteiger partial charge in [0.05, 0.1) is 31.6 Å². The highest BCUT2D eigenvalue weighted by atomic mass is 16.5. The number of carboxylic acid groups (broad SMARTS) is 1. The Hall–Kier alpha value is -3.66. The van der Waals surface area contributed by atoms with E-state index >= 15 is 0 Å². The van der Waals surface area contributed by atoms with Crippen LogP contribution in [-0.4, -0.2) is 78.1 Å². The van der Waals surface area contributed by atoms with E-state index in [1.165, 1.54) is 11.3 Å². The summed E-state index contributed by atoms with van der Waals surface area (Å²) in [5.41, 5.74) is 2.34. The molecule has 40 heavy (non-hydrogen) atoms. The molecular formula is C31H40N2O7. The first-order valence-corrected chi connectivity index (χ1v) is 13.8. The molecule has 0 bridgehead atoms. The SMILES string of the molecule is CCCCCCOc1ccccc1C(=O)N(Cc1ccc(-c2ccco2)cc1)C(O)CN1CCOCC1.O=CO. The minimum absolute atomic E-state index is 0.250. The Morgan fingerprint density at radius 3 is 2.45 bits per heavy atom. The van der Waals surface area contributed by atoms with Gasteiger partial charge in [-0.3, -0.25) is 14.5 Å². The number of aliphatic hydroxyl groups is 1. The van der Waals surface area contributed by atoms with Crippen molar-refractivity contribution in [2.24, 2.45) is 0 Å². The largest absolute Gasteiger partial charge is 0.493 e. The van der Waals surface area contributed by atoms with Crippen molar-refractivity contribution < 1.29 is 33.7 Å². The molecule has 0 radical (unpaired) electrons. The van der Waals surface area contributed by atoms with Gasteiger partial charge in [-0.1, -0.05) is 62.6 Å². The summed E-state index contributed by atoms with van der Waals surface area (Å²) in [5.74, 6) is 1.10. The van der Waals surface area contributed by atoms with Crippen LogP contribution in [0.25, 0.3) is 11.3 Å². The quantitative estimate of drug-likeness (QED) is 0.175. The molecule has 4 rings (SSSR count). The fourth-order valence-electron chi connectivity index (χ4n) is 4.47. The Labute approximate surface area is 235 Å². The van der Waals surface area contributed by atoms with Crippen LogP contribution in [0.1, 0.15) is 48.5 Å². The Morgan fingerprint density at radius 2 is 1.77 bits per heavy atom. The smallest absolute Gasteiger partial charge is 0.290 e. The van der Waals surface area contributed by atoms with Crippen LogP contribution in [-0.2, 0) is 16.1 Å². The third-order valence-electron chi connectivity index (χ3n) is 6.63. The van der Waals surface area contributed by atoms with E-state index in [-0.39, 0.29) is 18.9 Å². The number of rotatable bonds is 13. The van der Waals surface area contributed by atoms with Crippen molar-refractivity contribution in [3.8, 4) is 17.1 Å². The van der Waals surface area contributed by atoms with E-state index in [0.717, 1.165) is 49.2 Å². The standard InChI is InChI=1S/C30H38N2O5.CH2O2/c1-2-3-4-7-18-37-28-10-6-5-9-26(28)30(34)32(29(33)23-31-16-20-35-21-17-31)22-24-12-14-25(15-13-24)27-11-8-19-36-27;2-1-3/h5-6,8-15,19,29,33H,2-4,7,16-18,20-23H2,1H3;1H,(H,2,3). The van der Waals surface area contributed by atoms with Crippen LogP contribution in [0.5, 0.6) is 5.75 Å². The van der Waals surface area contributed by atoms with Gasteiger partial charge in [-0.25, -0.2) is 0 Å². The zero-order valence-electron chi connectivity index (χ0n) is 23.1. The number of carbonyl (C=O) groups excluding carboxylic acids is 1. The Bertz CT molecular complexity index is 1130. The molecule has 1 aliphatic rings. The Kier molecular flexibility index (Phi) is 13.2. The summed E-state index contributed by atoms with van der Waals surface area (Å²) in [6.07, 6.45) is 5.05. The van der Waals surface area contributed by atoms with E-state index in [4.69, 9.17) is 23.8 Å². The van der Waals surface area contributed by atoms with Crippen LogP contribution in [0.15, 0.2) is 71.3 Å². The lowest BCUT2D eigenvalue weighted by atomic mass is 10.1. The number of benzene rings is 2. The third-order valence-corrected chi connectivity index (χ3v) is 6.63. The lowest BCUT2D eigenvalue weighted by molar-refractivity contribution is -0.122. The van der Waals surface area contributed by atoms with Crippen LogP contribution in [0, 0.1) is 0 Å². The van der Waals surface area contributed by atoms with Gasteiger partial charge in [0, 0.05) is 31.7 Å². The second-order valence-corrected chi connectivity index (χ2v) is 9.51. The highest BCUT2D eigenvalue weighted by molar-refractivity contribution is 5.97. The van der Waals surface area contributed by atoms with Gasteiger partial charge in [0.15, 0.2) is 0 Å². The molecule has 2 N–H and O–H groups in total. The van der Waals surface area contributed by atoms with Crippen LogP contribution in [0.4, 0.5) is 0 Å². The van der Waals surface area contributed by atoms with Gasteiger partial charge >= 0.3 is 0 Å². The molecule has 1 aromatic heterocycles. The maximum atomic E-state index is 13.9. The molecule has 216 valence electrons. The predicted molar refractivity (Wildman–Crippen MR) is 152 cm³/mol. The molecule has 2 aromatic carbocycles. The van der Waals surface area contributed by atoms with Gasteiger partial charge in [-0.05, 0) is 36.2 Å². The minimum Gasteiger partial charge on any atom is -0.493 e. The van der Waals surface area contributed by atoms with Crippen molar-refractivity contribution in [3.05, 3.63) is 78.1 Å². The summed E-state index contributed by atoms with van der Waals surface area (Å²) >= 11 is 0. The average Bonchev–Trinajstić information content (AvgIpc) is 3.52. The Morgan fingerprint density at radius 1 is 1.05 bits per heavy atom. The fourth-order valence-corrected chi connectivity index (χ4v) is 4.47. The first-order valence-electron chi connectivity index (χ1n) is 13.8. The second-order valence-electron chi connectivity index (χ2n) is 9.51. The second kappa shape index (κ2) is 17.1. The van der Waals surface area contributed by atoms with E-state index in [0.29, 0.717) is 37.7 Å². The van der Waals surface area contributed by atoms with Crippen molar-refractivity contribution in [3.63, 3.8) is 0 Å². The van der Waals surface area contributed by atoms with Crippen molar-refractivity contribution in [2.45, 2.75) is 45.4 Å². The number of furan rings is 1. The maximum absolute atomic E-state index is 13.9. The average molecular weight is 553 g/mol. The molecule has 1 amide bonds. The fraction of sp³-hybridized carbons (Fsp3) is 0.419. The van der Waals surface area contributed by atoms with Gasteiger partial charge in [0.1, 0.15) is 17.7 Å². The number of ether oxygens (including phenoxy) is 2. The molecule has 9 nitrogen and oxygen atoms in total.